The Kier molecular flexibility index (Phi) is 4.16. The van der Waals surface area contributed by atoms with Crippen LogP contribution in [0.15, 0.2) is 42.5 Å². The van der Waals surface area contributed by atoms with Gasteiger partial charge in [0.1, 0.15) is 11.5 Å². The summed E-state index contributed by atoms with van der Waals surface area (Å²) in [4.78, 5) is 11.8. The Morgan fingerprint density at radius 1 is 1.17 bits per heavy atom. The first-order valence-corrected chi connectivity index (χ1v) is 6.88. The normalized spacial score (nSPS) is 12.6. The molecule has 0 amide bonds. The molecule has 3 rings (SSSR count). The second-order valence-electron chi connectivity index (χ2n) is 4.82. The van der Waals surface area contributed by atoms with Gasteiger partial charge in [-0.05, 0) is 29.8 Å². The maximum atomic E-state index is 11.8. The van der Waals surface area contributed by atoms with Gasteiger partial charge in [-0.15, -0.1) is 0 Å². The Balaban J connectivity index is 1.66. The third kappa shape index (κ3) is 3.44. The molecule has 0 unspecified atom stereocenters. The Bertz CT molecular complexity index is 766. The number of aromatic hydroxyl groups is 1. The lowest BCUT2D eigenvalue weighted by atomic mass is 10.1. The number of ether oxygens (including phenoxy) is 3. The van der Waals surface area contributed by atoms with E-state index in [1.807, 2.05) is 0 Å². The van der Waals surface area contributed by atoms with Crippen LogP contribution in [-0.4, -0.2) is 23.0 Å². The second-order valence-corrected chi connectivity index (χ2v) is 4.82. The maximum absolute atomic E-state index is 11.8. The molecule has 0 radical (unpaired) electrons. The lowest BCUT2D eigenvalue weighted by Crippen LogP contribution is -2.03. The highest BCUT2D eigenvalue weighted by Crippen LogP contribution is 2.35. The first-order valence-electron chi connectivity index (χ1n) is 6.88. The number of carbonyl (C=O) groups excluding carboxylic acids is 1. The smallest absolute Gasteiger partial charge is 0.336 e. The van der Waals surface area contributed by atoms with Gasteiger partial charge in [0.2, 0.25) is 6.79 Å². The van der Waals surface area contributed by atoms with Gasteiger partial charge >= 0.3 is 5.97 Å². The zero-order valence-electron chi connectivity index (χ0n) is 12.1. The highest BCUT2D eigenvalue weighted by atomic mass is 16.7. The number of rotatable bonds is 4. The minimum atomic E-state index is -0.561. The fourth-order valence-corrected chi connectivity index (χ4v) is 2.07. The van der Waals surface area contributed by atoms with Gasteiger partial charge < -0.3 is 24.4 Å². The third-order valence-corrected chi connectivity index (χ3v) is 3.25. The second kappa shape index (κ2) is 6.41. The standard InChI is InChI=1S/C17H14O6/c18-9-12-3-1-11(7-14(12)19)2-6-17(20)23-13-4-5-15-16(8-13)22-10-21-15/h1-8,18-19H,9-10H2. The van der Waals surface area contributed by atoms with E-state index in [-0.39, 0.29) is 19.1 Å². The number of carbonyl (C=O) groups is 1. The molecule has 0 bridgehead atoms. The van der Waals surface area contributed by atoms with Crippen molar-refractivity contribution in [3.8, 4) is 23.0 Å². The van der Waals surface area contributed by atoms with Gasteiger partial charge in [-0.2, -0.15) is 0 Å². The Morgan fingerprint density at radius 3 is 2.78 bits per heavy atom. The average Bonchev–Trinajstić information content (AvgIpc) is 3.01. The van der Waals surface area contributed by atoms with Crippen LogP contribution in [0.2, 0.25) is 0 Å². The molecule has 6 nitrogen and oxygen atoms in total. The zero-order valence-corrected chi connectivity index (χ0v) is 12.1. The topological polar surface area (TPSA) is 85.2 Å². The molecule has 1 heterocycles. The summed E-state index contributed by atoms with van der Waals surface area (Å²) in [6.45, 7) is -0.0953. The molecule has 0 fully saturated rings. The highest BCUT2D eigenvalue weighted by molar-refractivity contribution is 5.88. The largest absolute Gasteiger partial charge is 0.508 e. The van der Waals surface area contributed by atoms with Crippen molar-refractivity contribution in [1.82, 2.24) is 0 Å². The van der Waals surface area contributed by atoms with E-state index in [9.17, 15) is 9.90 Å². The van der Waals surface area contributed by atoms with Crippen LogP contribution in [0.1, 0.15) is 11.1 Å². The van der Waals surface area contributed by atoms with Crippen molar-refractivity contribution < 1.29 is 29.2 Å². The van der Waals surface area contributed by atoms with Gasteiger partial charge in [0.25, 0.3) is 0 Å². The quantitative estimate of drug-likeness (QED) is 0.511. The van der Waals surface area contributed by atoms with Crippen molar-refractivity contribution in [2.24, 2.45) is 0 Å². The number of aliphatic hydroxyl groups is 1. The molecule has 1 aliphatic heterocycles. The fourth-order valence-electron chi connectivity index (χ4n) is 2.07. The van der Waals surface area contributed by atoms with E-state index >= 15 is 0 Å². The van der Waals surface area contributed by atoms with Crippen molar-refractivity contribution in [3.05, 3.63) is 53.6 Å². The highest BCUT2D eigenvalue weighted by Gasteiger charge is 2.14. The molecule has 1 aliphatic rings. The van der Waals surface area contributed by atoms with Crippen molar-refractivity contribution in [3.63, 3.8) is 0 Å². The average molecular weight is 314 g/mol. The van der Waals surface area contributed by atoms with Crippen LogP contribution in [0.3, 0.4) is 0 Å². The monoisotopic (exact) mass is 314 g/mol. The predicted octanol–water partition coefficient (Wildman–Crippen LogP) is 2.23. The van der Waals surface area contributed by atoms with Crippen molar-refractivity contribution in [2.45, 2.75) is 6.61 Å². The Labute approximate surface area is 132 Å². The Morgan fingerprint density at radius 2 is 2.00 bits per heavy atom. The third-order valence-electron chi connectivity index (χ3n) is 3.25. The van der Waals surface area contributed by atoms with Gasteiger partial charge in [-0.25, -0.2) is 4.79 Å². The SMILES string of the molecule is O=C(C=Cc1ccc(CO)c(O)c1)Oc1ccc2c(c1)OCO2. The first kappa shape index (κ1) is 14.9. The number of esters is 1. The molecule has 23 heavy (non-hydrogen) atoms. The van der Waals surface area contributed by atoms with E-state index in [1.165, 1.54) is 18.2 Å². The lowest BCUT2D eigenvalue weighted by Gasteiger charge is -2.03. The summed E-state index contributed by atoms with van der Waals surface area (Å²) in [6.07, 6.45) is 2.76. The molecule has 0 saturated heterocycles. The summed E-state index contributed by atoms with van der Waals surface area (Å²) in [5.74, 6) is 0.902. The molecule has 0 aromatic heterocycles. The Hall–Kier alpha value is -2.99. The maximum Gasteiger partial charge on any atom is 0.336 e. The van der Waals surface area contributed by atoms with Crippen LogP contribution in [0.4, 0.5) is 0 Å². The van der Waals surface area contributed by atoms with E-state index in [4.69, 9.17) is 19.3 Å². The van der Waals surface area contributed by atoms with E-state index in [0.29, 0.717) is 28.4 Å². The van der Waals surface area contributed by atoms with Crippen molar-refractivity contribution in [2.75, 3.05) is 6.79 Å². The molecule has 6 heteroatoms. The van der Waals surface area contributed by atoms with Crippen LogP contribution in [0.25, 0.3) is 6.08 Å². The predicted molar refractivity (Wildman–Crippen MR) is 81.3 cm³/mol. The van der Waals surface area contributed by atoms with Crippen LogP contribution < -0.4 is 14.2 Å². The van der Waals surface area contributed by atoms with Gasteiger partial charge in [0, 0.05) is 17.7 Å². The molecule has 2 aromatic carbocycles. The van der Waals surface area contributed by atoms with Crippen LogP contribution in [-0.2, 0) is 11.4 Å². The molecule has 2 N–H and O–H groups in total. The van der Waals surface area contributed by atoms with Gasteiger partial charge in [-0.1, -0.05) is 12.1 Å². The molecule has 0 atom stereocenters. The van der Waals surface area contributed by atoms with E-state index in [0.717, 1.165) is 0 Å². The van der Waals surface area contributed by atoms with Crippen LogP contribution >= 0.6 is 0 Å². The number of phenols is 1. The molecule has 2 aromatic rings. The zero-order chi connectivity index (χ0) is 16.2. The fraction of sp³-hybridized carbons (Fsp3) is 0.118. The number of hydrogen-bond donors (Lipinski definition) is 2. The number of benzene rings is 2. The van der Waals surface area contributed by atoms with Gasteiger partial charge in [-0.3, -0.25) is 0 Å². The van der Waals surface area contributed by atoms with Crippen LogP contribution in [0, 0.1) is 0 Å². The van der Waals surface area contributed by atoms with E-state index in [1.54, 1.807) is 30.3 Å². The molecule has 0 saturated carbocycles. The molecule has 0 spiro atoms. The van der Waals surface area contributed by atoms with E-state index in [2.05, 4.69) is 0 Å². The number of aliphatic hydroxyl groups excluding tert-OH is 1. The summed E-state index contributed by atoms with van der Waals surface area (Å²) >= 11 is 0. The molecule has 118 valence electrons. The molecular formula is C17H14O6. The minimum absolute atomic E-state index is 0.0289. The summed E-state index contributed by atoms with van der Waals surface area (Å²) in [6, 6.07) is 9.57. The lowest BCUT2D eigenvalue weighted by molar-refractivity contribution is -0.128. The van der Waals surface area contributed by atoms with Crippen molar-refractivity contribution >= 4 is 12.0 Å². The minimum Gasteiger partial charge on any atom is -0.508 e. The van der Waals surface area contributed by atoms with Crippen LogP contribution in [0.5, 0.6) is 23.0 Å². The number of hydrogen-bond acceptors (Lipinski definition) is 6. The van der Waals surface area contributed by atoms with Gasteiger partial charge in [0.05, 0.1) is 6.61 Å². The van der Waals surface area contributed by atoms with Gasteiger partial charge in [0.15, 0.2) is 11.5 Å². The molecule has 0 aliphatic carbocycles. The van der Waals surface area contributed by atoms with Crippen molar-refractivity contribution in [1.29, 1.82) is 0 Å². The summed E-state index contributed by atoms with van der Waals surface area (Å²) in [7, 11) is 0. The summed E-state index contributed by atoms with van der Waals surface area (Å²) in [5.41, 5.74) is 1.03. The summed E-state index contributed by atoms with van der Waals surface area (Å²) in [5, 5.41) is 18.6. The molecular weight excluding hydrogens is 300 g/mol. The first-order chi connectivity index (χ1) is 11.2. The summed E-state index contributed by atoms with van der Waals surface area (Å²) < 4.78 is 15.6. The van der Waals surface area contributed by atoms with E-state index < -0.39 is 5.97 Å². The number of fused-ring (bicyclic) bond motifs is 1.